The highest BCUT2D eigenvalue weighted by Gasteiger charge is 2.23. The summed E-state index contributed by atoms with van der Waals surface area (Å²) in [6, 6.07) is 13.8. The van der Waals surface area contributed by atoms with E-state index in [1.165, 1.54) is 18.6 Å². The van der Waals surface area contributed by atoms with Gasteiger partial charge in [0, 0.05) is 18.8 Å². The number of nitrogens with zero attached hydrogens (tertiary/aromatic N) is 1. The number of likely N-dealkylation sites (tertiary alicyclic amines) is 1. The molecule has 0 aliphatic carbocycles. The SMILES string of the molecule is NCc1cccc(NC(=O)NC[C@@H](c2ccc(F)cc2)N2CCCCC2)c1. The number of anilines is 1. The van der Waals surface area contributed by atoms with Crippen LogP contribution in [0.1, 0.15) is 36.4 Å². The molecule has 1 saturated heterocycles. The van der Waals surface area contributed by atoms with Gasteiger partial charge in [0.05, 0.1) is 6.04 Å². The molecule has 0 bridgehead atoms. The van der Waals surface area contributed by atoms with Gasteiger partial charge < -0.3 is 16.4 Å². The Labute approximate surface area is 159 Å². The summed E-state index contributed by atoms with van der Waals surface area (Å²) in [6.45, 7) is 2.88. The second-order valence-electron chi connectivity index (χ2n) is 6.90. The average molecular weight is 370 g/mol. The number of benzene rings is 2. The van der Waals surface area contributed by atoms with Crippen molar-refractivity contribution in [3.8, 4) is 0 Å². The molecule has 144 valence electrons. The van der Waals surface area contributed by atoms with Crippen LogP contribution < -0.4 is 16.4 Å². The minimum absolute atomic E-state index is 0.0343. The van der Waals surface area contributed by atoms with Crippen LogP contribution in [0.2, 0.25) is 0 Å². The lowest BCUT2D eigenvalue weighted by molar-refractivity contribution is 0.161. The molecule has 0 unspecified atom stereocenters. The molecular weight excluding hydrogens is 343 g/mol. The van der Waals surface area contributed by atoms with Crippen molar-refractivity contribution in [2.24, 2.45) is 5.73 Å². The van der Waals surface area contributed by atoms with Gasteiger partial charge in [-0.15, -0.1) is 0 Å². The topological polar surface area (TPSA) is 70.4 Å². The minimum Gasteiger partial charge on any atom is -0.336 e. The highest BCUT2D eigenvalue weighted by molar-refractivity contribution is 5.89. The smallest absolute Gasteiger partial charge is 0.319 e. The van der Waals surface area contributed by atoms with E-state index in [4.69, 9.17) is 5.73 Å². The Morgan fingerprint density at radius 2 is 1.85 bits per heavy atom. The van der Waals surface area contributed by atoms with Crippen LogP contribution in [-0.4, -0.2) is 30.6 Å². The molecule has 1 atom stereocenters. The molecule has 3 rings (SSSR count). The van der Waals surface area contributed by atoms with E-state index >= 15 is 0 Å². The fraction of sp³-hybridized carbons (Fsp3) is 0.381. The summed E-state index contributed by atoms with van der Waals surface area (Å²) < 4.78 is 13.3. The summed E-state index contributed by atoms with van der Waals surface area (Å²) in [5.74, 6) is -0.248. The van der Waals surface area contributed by atoms with Crippen LogP contribution in [0.25, 0.3) is 0 Å². The molecule has 0 aromatic heterocycles. The number of hydrogen-bond acceptors (Lipinski definition) is 3. The van der Waals surface area contributed by atoms with E-state index in [-0.39, 0.29) is 17.9 Å². The Hall–Kier alpha value is -2.44. The maximum Gasteiger partial charge on any atom is 0.319 e. The molecular formula is C21H27FN4O. The quantitative estimate of drug-likeness (QED) is 0.727. The second kappa shape index (κ2) is 9.48. The number of piperidine rings is 1. The first-order chi connectivity index (χ1) is 13.2. The zero-order valence-electron chi connectivity index (χ0n) is 15.5. The van der Waals surface area contributed by atoms with Crippen LogP contribution >= 0.6 is 0 Å². The number of carbonyl (C=O) groups is 1. The van der Waals surface area contributed by atoms with Gasteiger partial charge in [-0.05, 0) is 61.3 Å². The molecule has 1 heterocycles. The van der Waals surface area contributed by atoms with Crippen molar-refractivity contribution in [1.29, 1.82) is 0 Å². The number of urea groups is 1. The van der Waals surface area contributed by atoms with Crippen LogP contribution in [0.5, 0.6) is 0 Å². The van der Waals surface area contributed by atoms with E-state index in [2.05, 4.69) is 15.5 Å². The van der Waals surface area contributed by atoms with E-state index in [0.717, 1.165) is 37.1 Å². The van der Waals surface area contributed by atoms with Crippen LogP contribution in [-0.2, 0) is 6.54 Å². The summed E-state index contributed by atoms with van der Waals surface area (Å²) in [4.78, 5) is 14.7. The number of rotatable bonds is 6. The van der Waals surface area contributed by atoms with Crippen molar-refractivity contribution in [2.75, 3.05) is 25.0 Å². The number of hydrogen-bond donors (Lipinski definition) is 3. The normalized spacial score (nSPS) is 15.9. The van der Waals surface area contributed by atoms with E-state index < -0.39 is 0 Å². The van der Waals surface area contributed by atoms with Crippen LogP contribution in [0.15, 0.2) is 48.5 Å². The van der Waals surface area contributed by atoms with Gasteiger partial charge in [-0.1, -0.05) is 30.7 Å². The molecule has 1 fully saturated rings. The van der Waals surface area contributed by atoms with Crippen molar-refractivity contribution in [2.45, 2.75) is 31.8 Å². The van der Waals surface area contributed by atoms with Gasteiger partial charge in [-0.3, -0.25) is 4.90 Å². The number of nitrogens with two attached hydrogens (primary N) is 1. The standard InChI is InChI=1S/C21H27FN4O/c22-18-9-7-17(8-10-18)20(26-11-2-1-3-12-26)15-24-21(27)25-19-6-4-5-16(13-19)14-23/h4-10,13,20H,1-3,11-12,14-15,23H2,(H2,24,25,27)/t20-/m0/s1. The number of carbonyl (C=O) groups excluding carboxylic acids is 1. The van der Waals surface area contributed by atoms with Gasteiger partial charge in [0.25, 0.3) is 0 Å². The van der Waals surface area contributed by atoms with E-state index in [1.54, 1.807) is 12.1 Å². The molecule has 27 heavy (non-hydrogen) atoms. The zero-order chi connectivity index (χ0) is 19.1. The summed E-state index contributed by atoms with van der Waals surface area (Å²) >= 11 is 0. The lowest BCUT2D eigenvalue weighted by Gasteiger charge is -2.35. The molecule has 4 N–H and O–H groups in total. The second-order valence-corrected chi connectivity index (χ2v) is 6.90. The summed E-state index contributed by atoms with van der Waals surface area (Å²) in [7, 11) is 0. The first-order valence-electron chi connectivity index (χ1n) is 9.49. The molecule has 5 nitrogen and oxygen atoms in total. The Kier molecular flexibility index (Phi) is 6.79. The molecule has 2 aromatic rings. The lowest BCUT2D eigenvalue weighted by Crippen LogP contribution is -2.41. The van der Waals surface area contributed by atoms with E-state index in [1.807, 2.05) is 24.3 Å². The summed E-state index contributed by atoms with van der Waals surface area (Å²) in [6.07, 6.45) is 3.53. The molecule has 2 amide bonds. The largest absolute Gasteiger partial charge is 0.336 e. The highest BCUT2D eigenvalue weighted by Crippen LogP contribution is 2.24. The van der Waals surface area contributed by atoms with Crippen molar-refractivity contribution < 1.29 is 9.18 Å². The Bertz CT molecular complexity index is 744. The maximum absolute atomic E-state index is 13.3. The summed E-state index contributed by atoms with van der Waals surface area (Å²) in [5, 5.41) is 5.81. The monoisotopic (exact) mass is 370 g/mol. The molecule has 0 radical (unpaired) electrons. The predicted molar refractivity (Wildman–Crippen MR) is 106 cm³/mol. The fourth-order valence-electron chi connectivity index (χ4n) is 3.51. The first-order valence-corrected chi connectivity index (χ1v) is 9.49. The predicted octanol–water partition coefficient (Wildman–Crippen LogP) is 3.63. The Morgan fingerprint density at radius 3 is 2.56 bits per heavy atom. The van der Waals surface area contributed by atoms with Gasteiger partial charge >= 0.3 is 6.03 Å². The summed E-state index contributed by atoms with van der Waals surface area (Å²) in [5.41, 5.74) is 8.34. The average Bonchev–Trinajstić information content (AvgIpc) is 2.70. The number of amides is 2. The third-order valence-corrected chi connectivity index (χ3v) is 4.96. The molecule has 1 aliphatic rings. The van der Waals surface area contributed by atoms with Gasteiger partial charge in [0.1, 0.15) is 5.82 Å². The Balaban J connectivity index is 1.64. The lowest BCUT2D eigenvalue weighted by atomic mass is 10.0. The minimum atomic E-state index is -0.256. The van der Waals surface area contributed by atoms with Crippen LogP contribution in [0.3, 0.4) is 0 Å². The molecule has 1 aliphatic heterocycles. The van der Waals surface area contributed by atoms with Gasteiger partial charge in [0.2, 0.25) is 0 Å². The molecule has 2 aromatic carbocycles. The van der Waals surface area contributed by atoms with Crippen molar-refractivity contribution in [1.82, 2.24) is 10.2 Å². The molecule has 6 heteroatoms. The van der Waals surface area contributed by atoms with Gasteiger partial charge in [0.15, 0.2) is 0 Å². The number of nitrogens with one attached hydrogen (secondary N) is 2. The van der Waals surface area contributed by atoms with Crippen molar-refractivity contribution in [3.05, 3.63) is 65.5 Å². The van der Waals surface area contributed by atoms with Crippen molar-refractivity contribution >= 4 is 11.7 Å². The van der Waals surface area contributed by atoms with E-state index in [9.17, 15) is 9.18 Å². The molecule has 0 saturated carbocycles. The third kappa shape index (κ3) is 5.52. The zero-order valence-corrected chi connectivity index (χ0v) is 15.5. The molecule has 0 spiro atoms. The third-order valence-electron chi connectivity index (χ3n) is 4.96. The van der Waals surface area contributed by atoms with Crippen molar-refractivity contribution in [3.63, 3.8) is 0 Å². The first kappa shape index (κ1) is 19.3. The number of halogens is 1. The maximum atomic E-state index is 13.3. The van der Waals surface area contributed by atoms with Crippen LogP contribution in [0.4, 0.5) is 14.9 Å². The van der Waals surface area contributed by atoms with Crippen LogP contribution in [0, 0.1) is 5.82 Å². The van der Waals surface area contributed by atoms with Gasteiger partial charge in [-0.2, -0.15) is 0 Å². The Morgan fingerprint density at radius 1 is 1.11 bits per heavy atom. The van der Waals surface area contributed by atoms with Gasteiger partial charge in [-0.25, -0.2) is 9.18 Å². The fourth-order valence-corrected chi connectivity index (χ4v) is 3.51. The van der Waals surface area contributed by atoms with E-state index in [0.29, 0.717) is 18.8 Å². The highest BCUT2D eigenvalue weighted by atomic mass is 19.1.